The SMILES string of the molecule is Cc1cncc(C2CCCN(S(=O)(=O)c3cccs3)C2)n1. The van der Waals surface area contributed by atoms with Crippen LogP contribution < -0.4 is 0 Å². The molecule has 112 valence electrons. The lowest BCUT2D eigenvalue weighted by Gasteiger charge is -2.31. The molecular formula is C14H17N3O2S2. The maximum atomic E-state index is 12.6. The molecule has 0 spiro atoms. The second-order valence-corrected chi connectivity index (χ2v) is 8.33. The summed E-state index contributed by atoms with van der Waals surface area (Å²) in [4.78, 5) is 8.66. The molecule has 0 aliphatic carbocycles. The average molecular weight is 323 g/mol. The van der Waals surface area contributed by atoms with E-state index >= 15 is 0 Å². The van der Waals surface area contributed by atoms with Crippen molar-refractivity contribution in [3.8, 4) is 0 Å². The Bertz CT molecular complexity index is 714. The normalized spacial score (nSPS) is 20.5. The predicted molar refractivity (Wildman–Crippen MR) is 81.8 cm³/mol. The number of hydrogen-bond acceptors (Lipinski definition) is 5. The number of sulfonamides is 1. The van der Waals surface area contributed by atoms with Crippen LogP contribution in [0.3, 0.4) is 0 Å². The van der Waals surface area contributed by atoms with E-state index in [2.05, 4.69) is 9.97 Å². The summed E-state index contributed by atoms with van der Waals surface area (Å²) in [5.74, 6) is 0.126. The van der Waals surface area contributed by atoms with Crippen molar-refractivity contribution in [3.05, 3.63) is 41.3 Å². The lowest BCUT2D eigenvalue weighted by molar-refractivity contribution is 0.312. The number of aryl methyl sites for hydroxylation is 1. The molecule has 1 saturated heterocycles. The van der Waals surface area contributed by atoms with Gasteiger partial charge in [0.1, 0.15) is 4.21 Å². The van der Waals surface area contributed by atoms with Crippen LogP contribution >= 0.6 is 11.3 Å². The monoisotopic (exact) mass is 323 g/mol. The van der Waals surface area contributed by atoms with Crippen LogP contribution in [-0.4, -0.2) is 35.8 Å². The Morgan fingerprint density at radius 1 is 1.38 bits per heavy atom. The maximum absolute atomic E-state index is 12.6. The standard InChI is InChI=1S/C14H17N3O2S2/c1-11-8-15-9-13(16-11)12-4-2-6-17(10-12)21(18,19)14-5-3-7-20-14/h3,5,7-9,12H,2,4,6,10H2,1H3. The van der Waals surface area contributed by atoms with E-state index in [4.69, 9.17) is 0 Å². The van der Waals surface area contributed by atoms with Gasteiger partial charge in [0.2, 0.25) is 0 Å². The smallest absolute Gasteiger partial charge is 0.252 e. The highest BCUT2D eigenvalue weighted by Gasteiger charge is 2.32. The number of hydrogen-bond donors (Lipinski definition) is 0. The topological polar surface area (TPSA) is 63.2 Å². The molecule has 1 unspecified atom stereocenters. The summed E-state index contributed by atoms with van der Waals surface area (Å²) in [6.07, 6.45) is 5.27. The third kappa shape index (κ3) is 3.00. The molecule has 0 radical (unpaired) electrons. The van der Waals surface area contributed by atoms with Crippen LogP contribution in [-0.2, 0) is 10.0 Å². The van der Waals surface area contributed by atoms with E-state index in [1.807, 2.05) is 6.92 Å². The molecule has 5 nitrogen and oxygen atoms in total. The molecule has 2 aromatic heterocycles. The third-order valence-electron chi connectivity index (χ3n) is 3.67. The molecule has 3 heterocycles. The molecule has 1 aliphatic rings. The highest BCUT2D eigenvalue weighted by Crippen LogP contribution is 2.30. The van der Waals surface area contributed by atoms with Gasteiger partial charge in [-0.15, -0.1) is 11.3 Å². The first kappa shape index (κ1) is 14.6. The average Bonchev–Trinajstić information content (AvgIpc) is 3.02. The minimum absolute atomic E-state index is 0.126. The highest BCUT2D eigenvalue weighted by molar-refractivity contribution is 7.91. The molecule has 0 amide bonds. The summed E-state index contributed by atoms with van der Waals surface area (Å²) in [6, 6.07) is 3.43. The first-order valence-corrected chi connectivity index (χ1v) is 9.21. The molecule has 2 aromatic rings. The fraction of sp³-hybridized carbons (Fsp3) is 0.429. The van der Waals surface area contributed by atoms with Crippen LogP contribution in [0.4, 0.5) is 0 Å². The predicted octanol–water partition coefficient (Wildman–Crippen LogP) is 2.41. The molecule has 0 bridgehead atoms. The zero-order valence-corrected chi connectivity index (χ0v) is 13.4. The van der Waals surface area contributed by atoms with E-state index in [0.717, 1.165) is 24.2 Å². The quantitative estimate of drug-likeness (QED) is 0.870. The molecule has 0 N–H and O–H groups in total. The summed E-state index contributed by atoms with van der Waals surface area (Å²) in [5, 5.41) is 1.79. The van der Waals surface area contributed by atoms with Crippen molar-refractivity contribution >= 4 is 21.4 Å². The lowest BCUT2D eigenvalue weighted by Crippen LogP contribution is -2.39. The van der Waals surface area contributed by atoms with Crippen LogP contribution in [0.2, 0.25) is 0 Å². The lowest BCUT2D eigenvalue weighted by atomic mass is 9.96. The second-order valence-electron chi connectivity index (χ2n) is 5.22. The van der Waals surface area contributed by atoms with E-state index < -0.39 is 10.0 Å². The molecule has 7 heteroatoms. The zero-order chi connectivity index (χ0) is 14.9. The van der Waals surface area contributed by atoms with E-state index in [1.165, 1.54) is 11.3 Å². The van der Waals surface area contributed by atoms with Gasteiger partial charge in [0.25, 0.3) is 10.0 Å². The third-order valence-corrected chi connectivity index (χ3v) is 6.90. The van der Waals surface area contributed by atoms with Crippen molar-refractivity contribution in [1.82, 2.24) is 14.3 Å². The Hall–Kier alpha value is -1.31. The maximum Gasteiger partial charge on any atom is 0.252 e. The van der Waals surface area contributed by atoms with Gasteiger partial charge in [-0.3, -0.25) is 9.97 Å². The Labute approximate surface area is 128 Å². The summed E-state index contributed by atoms with van der Waals surface area (Å²) >= 11 is 1.27. The number of aromatic nitrogens is 2. The van der Waals surface area contributed by atoms with Gasteiger partial charge in [0.15, 0.2) is 0 Å². The van der Waals surface area contributed by atoms with Crippen LogP contribution in [0, 0.1) is 6.92 Å². The number of thiophene rings is 1. The van der Waals surface area contributed by atoms with Gasteiger partial charge in [-0.25, -0.2) is 8.42 Å². The van der Waals surface area contributed by atoms with Crippen LogP contribution in [0.1, 0.15) is 30.1 Å². The van der Waals surface area contributed by atoms with E-state index in [1.54, 1.807) is 34.2 Å². The summed E-state index contributed by atoms with van der Waals surface area (Å²) in [7, 11) is -3.37. The van der Waals surface area contributed by atoms with Gasteiger partial charge >= 0.3 is 0 Å². The van der Waals surface area contributed by atoms with Crippen molar-refractivity contribution in [1.29, 1.82) is 0 Å². The Balaban J connectivity index is 1.83. The summed E-state index contributed by atoms with van der Waals surface area (Å²) in [6.45, 7) is 2.97. The zero-order valence-electron chi connectivity index (χ0n) is 11.8. The fourth-order valence-corrected chi connectivity index (χ4v) is 5.29. The van der Waals surface area contributed by atoms with E-state index in [0.29, 0.717) is 17.3 Å². The summed E-state index contributed by atoms with van der Waals surface area (Å²) in [5.41, 5.74) is 1.76. The molecular weight excluding hydrogens is 306 g/mol. The van der Waals surface area contributed by atoms with Crippen LogP contribution in [0.15, 0.2) is 34.1 Å². The number of nitrogens with zero attached hydrogens (tertiary/aromatic N) is 3. The molecule has 0 aromatic carbocycles. The molecule has 0 saturated carbocycles. The Kier molecular flexibility index (Phi) is 4.05. The van der Waals surface area contributed by atoms with Gasteiger partial charge in [-0.2, -0.15) is 4.31 Å². The molecule has 1 aliphatic heterocycles. The van der Waals surface area contributed by atoms with Crippen molar-refractivity contribution < 1.29 is 8.42 Å². The Morgan fingerprint density at radius 2 is 2.24 bits per heavy atom. The minimum atomic E-state index is -3.37. The number of piperidine rings is 1. The van der Waals surface area contributed by atoms with Crippen molar-refractivity contribution in [2.75, 3.05) is 13.1 Å². The molecule has 3 rings (SSSR count). The fourth-order valence-electron chi connectivity index (χ4n) is 2.62. The van der Waals surface area contributed by atoms with Crippen molar-refractivity contribution in [2.45, 2.75) is 29.9 Å². The second kappa shape index (κ2) is 5.82. The minimum Gasteiger partial charge on any atom is -0.261 e. The van der Waals surface area contributed by atoms with Gasteiger partial charge in [0.05, 0.1) is 11.4 Å². The van der Waals surface area contributed by atoms with E-state index in [9.17, 15) is 8.42 Å². The van der Waals surface area contributed by atoms with Crippen molar-refractivity contribution in [3.63, 3.8) is 0 Å². The summed E-state index contributed by atoms with van der Waals surface area (Å²) < 4.78 is 27.2. The molecule has 21 heavy (non-hydrogen) atoms. The molecule has 1 atom stereocenters. The number of rotatable bonds is 3. The van der Waals surface area contributed by atoms with Gasteiger partial charge < -0.3 is 0 Å². The van der Waals surface area contributed by atoms with Crippen molar-refractivity contribution in [2.24, 2.45) is 0 Å². The first-order valence-electron chi connectivity index (χ1n) is 6.89. The highest BCUT2D eigenvalue weighted by atomic mass is 32.2. The van der Waals surface area contributed by atoms with Crippen LogP contribution in [0.25, 0.3) is 0 Å². The molecule has 1 fully saturated rings. The van der Waals surface area contributed by atoms with E-state index in [-0.39, 0.29) is 5.92 Å². The van der Waals surface area contributed by atoms with Crippen LogP contribution in [0.5, 0.6) is 0 Å². The largest absolute Gasteiger partial charge is 0.261 e. The first-order chi connectivity index (χ1) is 10.1. The Morgan fingerprint density at radius 3 is 2.95 bits per heavy atom. The van der Waals surface area contributed by atoms with Gasteiger partial charge in [-0.05, 0) is 31.2 Å². The van der Waals surface area contributed by atoms with Gasteiger partial charge in [-0.1, -0.05) is 6.07 Å². The van der Waals surface area contributed by atoms with Gasteiger partial charge in [0, 0.05) is 31.4 Å².